The molecule has 0 spiro atoms. The molecule has 0 saturated heterocycles. The Morgan fingerprint density at radius 2 is 1.63 bits per heavy atom. The number of thiazole rings is 1. The van der Waals surface area contributed by atoms with Crippen molar-refractivity contribution in [2.24, 2.45) is 0 Å². The predicted molar refractivity (Wildman–Crippen MR) is 96.3 cm³/mol. The normalized spacial score (nSPS) is 10.4. The first kappa shape index (κ1) is 18.4. The zero-order valence-corrected chi connectivity index (χ0v) is 15.3. The number of anilines is 1. The van der Waals surface area contributed by atoms with E-state index >= 15 is 0 Å². The van der Waals surface area contributed by atoms with Crippen molar-refractivity contribution in [1.82, 2.24) is 15.8 Å². The first-order chi connectivity index (χ1) is 12.9. The maximum atomic E-state index is 12.1. The van der Waals surface area contributed by atoms with Crippen LogP contribution in [0.3, 0.4) is 0 Å². The SMILES string of the molecule is Cc1occc1C(=O)NNC(=O)Cc1csc(NC(=O)c2ccoc2C)n1. The Balaban J connectivity index is 1.50. The number of carbonyl (C=O) groups excluding carboxylic acids is 3. The molecule has 0 atom stereocenters. The van der Waals surface area contributed by atoms with E-state index in [0.717, 1.165) is 0 Å². The highest BCUT2D eigenvalue weighted by atomic mass is 32.1. The second-order valence-electron chi connectivity index (χ2n) is 5.56. The van der Waals surface area contributed by atoms with E-state index in [-0.39, 0.29) is 12.3 Å². The third-order valence-corrected chi connectivity index (χ3v) is 4.44. The zero-order chi connectivity index (χ0) is 19.4. The highest BCUT2D eigenvalue weighted by Crippen LogP contribution is 2.18. The molecule has 9 nitrogen and oxygen atoms in total. The van der Waals surface area contributed by atoms with Crippen molar-refractivity contribution < 1.29 is 23.2 Å². The summed E-state index contributed by atoms with van der Waals surface area (Å²) in [5, 5.41) is 4.67. The predicted octanol–water partition coefficient (Wildman–Crippen LogP) is 2.20. The van der Waals surface area contributed by atoms with E-state index in [2.05, 4.69) is 21.2 Å². The van der Waals surface area contributed by atoms with Crippen LogP contribution in [0.1, 0.15) is 37.9 Å². The van der Waals surface area contributed by atoms with Crippen LogP contribution in [0.15, 0.2) is 38.9 Å². The lowest BCUT2D eigenvalue weighted by molar-refractivity contribution is -0.121. The van der Waals surface area contributed by atoms with Crippen molar-refractivity contribution in [2.45, 2.75) is 20.3 Å². The molecule has 0 radical (unpaired) electrons. The van der Waals surface area contributed by atoms with E-state index < -0.39 is 11.8 Å². The third kappa shape index (κ3) is 4.42. The summed E-state index contributed by atoms with van der Waals surface area (Å²) in [5.74, 6) is -0.300. The molecular weight excluding hydrogens is 372 g/mol. The van der Waals surface area contributed by atoms with Crippen molar-refractivity contribution in [1.29, 1.82) is 0 Å². The number of aryl methyl sites for hydroxylation is 2. The van der Waals surface area contributed by atoms with E-state index in [1.54, 1.807) is 25.3 Å². The van der Waals surface area contributed by atoms with Crippen LogP contribution in [0.2, 0.25) is 0 Å². The van der Waals surface area contributed by atoms with Gasteiger partial charge in [-0.2, -0.15) is 0 Å². The fraction of sp³-hybridized carbons (Fsp3) is 0.176. The number of hydrazine groups is 1. The Kier molecular flexibility index (Phi) is 5.36. The number of rotatable bonds is 5. The lowest BCUT2D eigenvalue weighted by Crippen LogP contribution is -2.42. The Hall–Kier alpha value is -3.40. The van der Waals surface area contributed by atoms with Gasteiger partial charge in [0.1, 0.15) is 11.5 Å². The van der Waals surface area contributed by atoms with Gasteiger partial charge in [0.2, 0.25) is 5.91 Å². The summed E-state index contributed by atoms with van der Waals surface area (Å²) < 4.78 is 10.1. The minimum Gasteiger partial charge on any atom is -0.469 e. The molecule has 3 aromatic rings. The van der Waals surface area contributed by atoms with Crippen LogP contribution in [0, 0.1) is 13.8 Å². The summed E-state index contributed by atoms with van der Waals surface area (Å²) in [6.07, 6.45) is 2.77. The van der Waals surface area contributed by atoms with E-state index in [1.807, 2.05) is 0 Å². The summed E-state index contributed by atoms with van der Waals surface area (Å²) >= 11 is 1.19. The average molecular weight is 388 g/mol. The number of nitrogens with zero attached hydrogens (tertiary/aromatic N) is 1. The molecule has 27 heavy (non-hydrogen) atoms. The number of furan rings is 2. The Bertz CT molecular complexity index is 987. The molecule has 3 N–H and O–H groups in total. The van der Waals surface area contributed by atoms with Crippen LogP contribution >= 0.6 is 11.3 Å². The standard InChI is InChI=1S/C17H16N4O5S/c1-9-12(3-5-25-9)15(23)19-17-18-11(8-27-17)7-14(22)20-21-16(24)13-4-6-26-10(13)2/h3-6,8H,7H2,1-2H3,(H,20,22)(H,21,24)(H,18,19,23). The molecule has 0 unspecified atom stereocenters. The Morgan fingerprint density at radius 3 is 2.22 bits per heavy atom. The molecular formula is C17H16N4O5S. The molecule has 0 aromatic carbocycles. The summed E-state index contributed by atoms with van der Waals surface area (Å²) in [7, 11) is 0. The zero-order valence-electron chi connectivity index (χ0n) is 14.5. The van der Waals surface area contributed by atoms with Gasteiger partial charge in [-0.3, -0.25) is 30.6 Å². The number of carbonyl (C=O) groups is 3. The van der Waals surface area contributed by atoms with Crippen LogP contribution in [0.4, 0.5) is 5.13 Å². The van der Waals surface area contributed by atoms with Gasteiger partial charge in [0.25, 0.3) is 11.8 Å². The van der Waals surface area contributed by atoms with Gasteiger partial charge < -0.3 is 8.83 Å². The monoisotopic (exact) mass is 388 g/mol. The van der Waals surface area contributed by atoms with E-state index in [0.29, 0.717) is 33.5 Å². The number of nitrogens with one attached hydrogen (secondary N) is 3. The summed E-state index contributed by atoms with van der Waals surface area (Å²) in [5.41, 5.74) is 5.84. The third-order valence-electron chi connectivity index (χ3n) is 3.64. The molecule has 0 aliphatic heterocycles. The van der Waals surface area contributed by atoms with Crippen LogP contribution in [0.25, 0.3) is 0 Å². The van der Waals surface area contributed by atoms with Gasteiger partial charge >= 0.3 is 0 Å². The Morgan fingerprint density at radius 1 is 1.00 bits per heavy atom. The van der Waals surface area contributed by atoms with Crippen molar-refractivity contribution in [2.75, 3.05) is 5.32 Å². The summed E-state index contributed by atoms with van der Waals surface area (Å²) in [6.45, 7) is 3.33. The lowest BCUT2D eigenvalue weighted by atomic mass is 10.2. The smallest absolute Gasteiger partial charge is 0.273 e. The van der Waals surface area contributed by atoms with Gasteiger partial charge in [-0.15, -0.1) is 11.3 Å². The van der Waals surface area contributed by atoms with Crippen LogP contribution in [0.5, 0.6) is 0 Å². The minimum absolute atomic E-state index is 0.0538. The van der Waals surface area contributed by atoms with Gasteiger partial charge in [0.05, 0.1) is 35.8 Å². The Labute approximate surface area is 157 Å². The van der Waals surface area contributed by atoms with E-state index in [1.165, 1.54) is 29.9 Å². The van der Waals surface area contributed by atoms with Gasteiger partial charge in [-0.05, 0) is 26.0 Å². The molecule has 3 heterocycles. The van der Waals surface area contributed by atoms with Crippen LogP contribution < -0.4 is 16.2 Å². The first-order valence-electron chi connectivity index (χ1n) is 7.87. The van der Waals surface area contributed by atoms with Crippen molar-refractivity contribution in [3.63, 3.8) is 0 Å². The molecule has 0 bridgehead atoms. The molecule has 3 aromatic heterocycles. The topological polar surface area (TPSA) is 126 Å². The largest absolute Gasteiger partial charge is 0.469 e. The number of aromatic nitrogens is 1. The van der Waals surface area contributed by atoms with E-state index in [9.17, 15) is 14.4 Å². The molecule has 0 aliphatic rings. The fourth-order valence-electron chi connectivity index (χ4n) is 2.25. The maximum Gasteiger partial charge on any atom is 0.273 e. The molecule has 140 valence electrons. The second kappa shape index (κ2) is 7.87. The average Bonchev–Trinajstić information content (AvgIpc) is 3.34. The molecule has 3 amide bonds. The molecule has 3 rings (SSSR count). The minimum atomic E-state index is -0.476. The maximum absolute atomic E-state index is 12.1. The van der Waals surface area contributed by atoms with Gasteiger partial charge in [-0.25, -0.2) is 4.98 Å². The van der Waals surface area contributed by atoms with Gasteiger partial charge in [0.15, 0.2) is 5.13 Å². The number of amides is 3. The second-order valence-corrected chi connectivity index (χ2v) is 6.42. The van der Waals surface area contributed by atoms with Crippen molar-refractivity contribution >= 4 is 34.2 Å². The number of hydrogen-bond donors (Lipinski definition) is 3. The summed E-state index contributed by atoms with van der Waals surface area (Å²) in [4.78, 5) is 40.1. The van der Waals surface area contributed by atoms with Gasteiger partial charge in [-0.1, -0.05) is 0 Å². The van der Waals surface area contributed by atoms with Crippen molar-refractivity contribution in [3.05, 3.63) is 58.4 Å². The van der Waals surface area contributed by atoms with Crippen LogP contribution in [-0.4, -0.2) is 22.7 Å². The summed E-state index contributed by atoms with van der Waals surface area (Å²) in [6, 6.07) is 3.07. The molecule has 0 aliphatic carbocycles. The molecule has 0 fully saturated rings. The molecule has 10 heteroatoms. The van der Waals surface area contributed by atoms with Crippen molar-refractivity contribution in [3.8, 4) is 0 Å². The fourth-order valence-corrected chi connectivity index (χ4v) is 2.96. The van der Waals surface area contributed by atoms with E-state index in [4.69, 9.17) is 8.83 Å². The number of hydrogen-bond acceptors (Lipinski definition) is 7. The lowest BCUT2D eigenvalue weighted by Gasteiger charge is -2.05. The highest BCUT2D eigenvalue weighted by Gasteiger charge is 2.15. The van der Waals surface area contributed by atoms with Gasteiger partial charge in [0, 0.05) is 5.38 Å². The highest BCUT2D eigenvalue weighted by molar-refractivity contribution is 7.14. The van der Waals surface area contributed by atoms with Crippen LogP contribution in [-0.2, 0) is 11.2 Å². The quantitative estimate of drug-likeness (QED) is 0.575. The first-order valence-corrected chi connectivity index (χ1v) is 8.75. The molecule has 0 saturated carbocycles.